The van der Waals surface area contributed by atoms with E-state index in [1.54, 1.807) is 13.0 Å². The zero-order valence-electron chi connectivity index (χ0n) is 29.5. The lowest BCUT2D eigenvalue weighted by Gasteiger charge is -2.44. The molecule has 1 unspecified atom stereocenters. The Morgan fingerprint density at radius 2 is 1.98 bits per heavy atom. The SMILES string of the molecule is CCCCCNC1=CC(C2C=C(CC[C@H]3O[C@@]34CCCC[C@H]3c5c(cc6oc(C)cc(=O)c6c5O)OC(C)(C)[C@@H]3OC4=O)C=C(N)N2)=CCN1. The minimum Gasteiger partial charge on any atom is -0.507 e. The lowest BCUT2D eigenvalue weighted by Crippen LogP contribution is -2.52. The van der Waals surface area contributed by atoms with E-state index in [4.69, 9.17) is 24.4 Å². The van der Waals surface area contributed by atoms with Gasteiger partial charge in [0.2, 0.25) is 0 Å². The van der Waals surface area contributed by atoms with Gasteiger partial charge in [-0.15, -0.1) is 0 Å². The Hall–Kier alpha value is -4.38. The zero-order chi connectivity index (χ0) is 35.2. The fraction of sp³-hybridized carbons (Fsp3) is 0.538. The summed E-state index contributed by atoms with van der Waals surface area (Å²) >= 11 is 0. The highest BCUT2D eigenvalue weighted by Crippen LogP contribution is 2.53. The van der Waals surface area contributed by atoms with Crippen LogP contribution in [0.5, 0.6) is 11.5 Å². The first-order chi connectivity index (χ1) is 24.0. The van der Waals surface area contributed by atoms with E-state index in [9.17, 15) is 14.7 Å². The Balaban J connectivity index is 1.06. The van der Waals surface area contributed by atoms with E-state index in [1.165, 1.54) is 18.9 Å². The molecule has 0 amide bonds. The number of esters is 1. The van der Waals surface area contributed by atoms with Gasteiger partial charge in [-0.25, -0.2) is 4.79 Å². The van der Waals surface area contributed by atoms with Crippen molar-refractivity contribution in [2.75, 3.05) is 13.1 Å². The van der Waals surface area contributed by atoms with E-state index in [2.05, 4.69) is 41.1 Å². The minimum absolute atomic E-state index is 0.0502. The Morgan fingerprint density at radius 1 is 1.14 bits per heavy atom. The average molecular weight is 687 g/mol. The van der Waals surface area contributed by atoms with Crippen LogP contribution in [-0.2, 0) is 14.3 Å². The van der Waals surface area contributed by atoms with Crippen LogP contribution in [0.3, 0.4) is 0 Å². The third kappa shape index (κ3) is 6.48. The lowest BCUT2D eigenvalue weighted by atomic mass is 9.77. The van der Waals surface area contributed by atoms with Crippen LogP contribution in [0.4, 0.5) is 0 Å². The monoisotopic (exact) mass is 686 g/mol. The molecule has 11 heteroatoms. The maximum atomic E-state index is 14.0. The van der Waals surface area contributed by atoms with Crippen LogP contribution in [0.2, 0.25) is 0 Å². The predicted octanol–water partition coefficient (Wildman–Crippen LogP) is 5.31. The van der Waals surface area contributed by atoms with Gasteiger partial charge in [0.15, 0.2) is 11.0 Å². The number of phenols is 1. The van der Waals surface area contributed by atoms with Crippen LogP contribution in [0, 0.1) is 6.92 Å². The molecule has 7 rings (SSSR count). The first-order valence-electron chi connectivity index (χ1n) is 18.2. The molecule has 0 aliphatic carbocycles. The summed E-state index contributed by atoms with van der Waals surface area (Å²) in [5, 5.41) is 21.9. The van der Waals surface area contributed by atoms with Gasteiger partial charge in [-0.3, -0.25) is 4.79 Å². The number of dihydropyridines is 2. The van der Waals surface area contributed by atoms with Gasteiger partial charge >= 0.3 is 5.97 Å². The Bertz CT molecular complexity index is 1860. The zero-order valence-corrected chi connectivity index (χ0v) is 29.5. The molecule has 0 saturated carbocycles. The standard InChI is InChI=1S/C39H50N4O7/c1-5-6-9-15-41-32-20-24(13-16-42-32)26-18-23(19-31(40)43-26)11-12-30-39(50-30)14-8-7-10-25-33-29(49-38(3,4)36(25)48-37(39)46)21-28-34(35(33)45)27(44)17-22(2)47-28/h13,17-21,25-26,30,36,41-43,45H,5-12,14-16,40H2,1-4H3/t25-,26?,30+,36+,39-/m0/s1. The Labute approximate surface area is 293 Å². The quantitative estimate of drug-likeness (QED) is 0.132. The smallest absolute Gasteiger partial charge is 0.341 e. The number of unbranched alkanes of at least 4 members (excludes halogenated alkanes) is 2. The van der Waals surface area contributed by atoms with Crippen molar-refractivity contribution < 1.29 is 28.5 Å². The van der Waals surface area contributed by atoms with Crippen LogP contribution in [0.1, 0.15) is 95.8 Å². The molecule has 5 aliphatic heterocycles. The molecule has 2 aromatic rings. The number of carbonyl (C=O) groups is 1. The number of ether oxygens (including phenoxy) is 3. The largest absolute Gasteiger partial charge is 0.507 e. The summed E-state index contributed by atoms with van der Waals surface area (Å²) in [6, 6.07) is 2.99. The second-order valence-corrected chi connectivity index (χ2v) is 14.9. The van der Waals surface area contributed by atoms with Crippen LogP contribution in [-0.4, -0.2) is 53.6 Å². The van der Waals surface area contributed by atoms with Crippen molar-refractivity contribution in [2.45, 2.75) is 121 Å². The number of carbonyl (C=O) groups excluding carboxylic acids is 1. The molecule has 2 fully saturated rings. The van der Waals surface area contributed by atoms with Crippen LogP contribution < -0.4 is 31.8 Å². The second kappa shape index (κ2) is 13.4. The highest BCUT2D eigenvalue weighted by Gasteiger charge is 2.64. The topological polar surface area (TPSA) is 161 Å². The van der Waals surface area contributed by atoms with Gasteiger partial charge in [0.1, 0.15) is 39.9 Å². The summed E-state index contributed by atoms with van der Waals surface area (Å²) in [5.74, 6) is 1.59. The summed E-state index contributed by atoms with van der Waals surface area (Å²) in [4.78, 5) is 27.0. The van der Waals surface area contributed by atoms with Gasteiger partial charge in [0.25, 0.3) is 0 Å². The van der Waals surface area contributed by atoms with E-state index in [0.717, 1.165) is 49.3 Å². The third-order valence-corrected chi connectivity index (χ3v) is 10.8. The van der Waals surface area contributed by atoms with E-state index in [-0.39, 0.29) is 40.2 Å². The normalized spacial score (nSPS) is 28.4. The fourth-order valence-electron chi connectivity index (χ4n) is 8.18. The van der Waals surface area contributed by atoms with Crippen LogP contribution in [0.15, 0.2) is 68.4 Å². The number of nitrogens with one attached hydrogen (secondary N) is 3. The highest BCUT2D eigenvalue weighted by atomic mass is 16.7. The van der Waals surface area contributed by atoms with Crippen molar-refractivity contribution in [1.29, 1.82) is 0 Å². The van der Waals surface area contributed by atoms with E-state index < -0.39 is 23.3 Å². The van der Waals surface area contributed by atoms with Gasteiger partial charge in [0.05, 0.1) is 23.8 Å². The second-order valence-electron chi connectivity index (χ2n) is 14.9. The summed E-state index contributed by atoms with van der Waals surface area (Å²) in [6.07, 6.45) is 15.1. The molecule has 6 heterocycles. The molecule has 2 saturated heterocycles. The molecule has 1 aromatic carbocycles. The van der Waals surface area contributed by atoms with Crippen molar-refractivity contribution in [1.82, 2.24) is 16.0 Å². The van der Waals surface area contributed by atoms with Crippen molar-refractivity contribution in [3.63, 3.8) is 0 Å². The van der Waals surface area contributed by atoms with Crippen molar-refractivity contribution in [3.05, 3.63) is 80.8 Å². The average Bonchev–Trinajstić information content (AvgIpc) is 3.77. The molecular weight excluding hydrogens is 636 g/mol. The fourth-order valence-corrected chi connectivity index (χ4v) is 8.18. The first-order valence-corrected chi connectivity index (χ1v) is 18.2. The molecule has 11 nitrogen and oxygen atoms in total. The summed E-state index contributed by atoms with van der Waals surface area (Å²) in [6.45, 7) is 9.35. The number of rotatable bonds is 9. The molecule has 1 aromatic heterocycles. The number of epoxide rings is 1. The molecule has 0 bridgehead atoms. The number of nitrogens with two attached hydrogens (primary N) is 1. The molecule has 5 atom stereocenters. The van der Waals surface area contributed by atoms with E-state index in [0.29, 0.717) is 48.6 Å². The summed E-state index contributed by atoms with van der Waals surface area (Å²) in [7, 11) is 0. The van der Waals surface area contributed by atoms with Gasteiger partial charge in [0, 0.05) is 36.7 Å². The summed E-state index contributed by atoms with van der Waals surface area (Å²) < 4.78 is 24.8. The molecule has 268 valence electrons. The molecule has 5 aliphatic rings. The molecule has 50 heavy (non-hydrogen) atoms. The molecule has 6 N–H and O–H groups in total. The van der Waals surface area contributed by atoms with Gasteiger partial charge in [-0.2, -0.15) is 0 Å². The van der Waals surface area contributed by atoms with Crippen LogP contribution in [0.25, 0.3) is 11.0 Å². The number of phenolic OH excluding ortho intramolecular Hbond substituents is 1. The first kappa shape index (κ1) is 34.1. The molecule has 0 radical (unpaired) electrons. The number of hydrogen-bond donors (Lipinski definition) is 5. The van der Waals surface area contributed by atoms with Gasteiger partial charge < -0.3 is 45.4 Å². The molecular formula is C39H50N4O7. The highest BCUT2D eigenvalue weighted by molar-refractivity contribution is 5.88. The van der Waals surface area contributed by atoms with Crippen molar-refractivity contribution >= 4 is 16.9 Å². The van der Waals surface area contributed by atoms with Gasteiger partial charge in [-0.05, 0) is 82.6 Å². The molecule has 1 spiro atoms. The van der Waals surface area contributed by atoms with E-state index >= 15 is 0 Å². The van der Waals surface area contributed by atoms with E-state index in [1.807, 2.05) is 19.9 Å². The Morgan fingerprint density at radius 3 is 2.80 bits per heavy atom. The minimum atomic E-state index is -1.02. The number of benzene rings is 1. The predicted molar refractivity (Wildman–Crippen MR) is 190 cm³/mol. The summed E-state index contributed by atoms with van der Waals surface area (Å²) in [5.41, 5.74) is 7.11. The number of hydrogen-bond acceptors (Lipinski definition) is 11. The van der Waals surface area contributed by atoms with Crippen molar-refractivity contribution in [2.24, 2.45) is 5.73 Å². The van der Waals surface area contributed by atoms with Crippen LogP contribution >= 0.6 is 0 Å². The maximum absolute atomic E-state index is 14.0. The third-order valence-electron chi connectivity index (χ3n) is 10.8. The van der Waals surface area contributed by atoms with Crippen molar-refractivity contribution in [3.8, 4) is 11.5 Å². The Kier molecular flexibility index (Phi) is 9.13. The number of allylic oxidation sites excluding steroid dienone is 2. The van der Waals surface area contributed by atoms with Gasteiger partial charge in [-0.1, -0.05) is 38.3 Å². The lowest BCUT2D eigenvalue weighted by molar-refractivity contribution is -0.170. The number of aryl methyl sites for hydroxylation is 1. The number of fused-ring (bicyclic) bond motifs is 4. The number of aromatic hydroxyl groups is 1. The maximum Gasteiger partial charge on any atom is 0.341 e.